The van der Waals surface area contributed by atoms with E-state index in [1.54, 1.807) is 0 Å². The van der Waals surface area contributed by atoms with E-state index in [1.807, 2.05) is 13.8 Å². The first-order valence-electron chi connectivity index (χ1n) is 7.76. The van der Waals surface area contributed by atoms with Gasteiger partial charge in [-0.05, 0) is 31.1 Å². The second-order valence-corrected chi connectivity index (χ2v) is 6.68. The minimum absolute atomic E-state index is 0.112. The second kappa shape index (κ2) is 7.65. The maximum atomic E-state index is 12.3. The highest BCUT2D eigenvalue weighted by Gasteiger charge is 2.38. The van der Waals surface area contributed by atoms with Crippen molar-refractivity contribution in [1.29, 1.82) is 0 Å². The molecule has 3 unspecified atom stereocenters. The highest BCUT2D eigenvalue weighted by atomic mass is 16.5. The number of aliphatic carboxylic acids is 1. The van der Waals surface area contributed by atoms with E-state index < -0.39 is 17.8 Å². The zero-order chi connectivity index (χ0) is 15.3. The molecule has 1 fully saturated rings. The van der Waals surface area contributed by atoms with Crippen molar-refractivity contribution < 1.29 is 19.4 Å². The summed E-state index contributed by atoms with van der Waals surface area (Å²) in [6.07, 6.45) is 3.75. The molecule has 1 saturated carbocycles. The molecule has 0 spiro atoms. The molecule has 1 aliphatic carbocycles. The number of carbonyl (C=O) groups is 2. The fourth-order valence-electron chi connectivity index (χ4n) is 2.87. The van der Waals surface area contributed by atoms with Crippen LogP contribution in [0.1, 0.15) is 59.8 Å². The van der Waals surface area contributed by atoms with Crippen molar-refractivity contribution in [2.45, 2.75) is 65.9 Å². The summed E-state index contributed by atoms with van der Waals surface area (Å²) >= 11 is 0. The van der Waals surface area contributed by atoms with Gasteiger partial charge in [0.1, 0.15) is 6.10 Å². The molecule has 1 aliphatic rings. The van der Waals surface area contributed by atoms with Gasteiger partial charge in [0, 0.05) is 0 Å². The first-order valence-corrected chi connectivity index (χ1v) is 7.76. The molecule has 4 heteroatoms. The number of hydrogen-bond donors (Lipinski definition) is 1. The van der Waals surface area contributed by atoms with Crippen LogP contribution in [0.2, 0.25) is 0 Å². The Morgan fingerprint density at radius 2 is 1.65 bits per heavy atom. The summed E-state index contributed by atoms with van der Waals surface area (Å²) in [6, 6.07) is 0. The third-order valence-electron chi connectivity index (χ3n) is 4.10. The minimum Gasteiger partial charge on any atom is -0.481 e. The summed E-state index contributed by atoms with van der Waals surface area (Å²) in [4.78, 5) is 23.6. The third-order valence-corrected chi connectivity index (χ3v) is 4.10. The highest BCUT2D eigenvalue weighted by molar-refractivity contribution is 5.81. The van der Waals surface area contributed by atoms with Crippen LogP contribution in [0, 0.1) is 23.7 Å². The highest BCUT2D eigenvalue weighted by Crippen LogP contribution is 2.32. The second-order valence-electron chi connectivity index (χ2n) is 6.68. The van der Waals surface area contributed by atoms with Gasteiger partial charge >= 0.3 is 11.9 Å². The average Bonchev–Trinajstić information content (AvgIpc) is 2.37. The third kappa shape index (κ3) is 4.80. The standard InChI is InChI=1S/C16H28O4/c1-10(2)9-14(11(3)4)20-16(19)13-8-6-5-7-12(13)15(17)18/h10-14H,5-9H2,1-4H3,(H,17,18). The topological polar surface area (TPSA) is 63.6 Å². The van der Waals surface area contributed by atoms with E-state index in [2.05, 4.69) is 13.8 Å². The zero-order valence-corrected chi connectivity index (χ0v) is 13.1. The Kier molecular flexibility index (Phi) is 6.50. The molecule has 0 bridgehead atoms. The number of esters is 1. The predicted octanol–water partition coefficient (Wildman–Crippen LogP) is 3.49. The molecule has 116 valence electrons. The number of rotatable bonds is 6. The number of carboxylic acids is 1. The molecular formula is C16H28O4. The fraction of sp³-hybridized carbons (Fsp3) is 0.875. The van der Waals surface area contributed by atoms with Gasteiger partial charge in [-0.3, -0.25) is 9.59 Å². The van der Waals surface area contributed by atoms with Gasteiger partial charge < -0.3 is 9.84 Å². The van der Waals surface area contributed by atoms with Crippen molar-refractivity contribution in [1.82, 2.24) is 0 Å². The van der Waals surface area contributed by atoms with Gasteiger partial charge in [0.15, 0.2) is 0 Å². The van der Waals surface area contributed by atoms with Crippen LogP contribution in [-0.4, -0.2) is 23.1 Å². The lowest BCUT2D eigenvalue weighted by Gasteiger charge is -2.30. The lowest BCUT2D eigenvalue weighted by atomic mass is 9.79. The van der Waals surface area contributed by atoms with Crippen LogP contribution in [-0.2, 0) is 14.3 Å². The molecule has 20 heavy (non-hydrogen) atoms. The largest absolute Gasteiger partial charge is 0.481 e. The van der Waals surface area contributed by atoms with Crippen molar-refractivity contribution in [2.24, 2.45) is 23.7 Å². The quantitative estimate of drug-likeness (QED) is 0.758. The van der Waals surface area contributed by atoms with Gasteiger partial charge in [-0.1, -0.05) is 40.5 Å². The maximum absolute atomic E-state index is 12.3. The van der Waals surface area contributed by atoms with E-state index >= 15 is 0 Å². The Bertz CT molecular complexity index is 335. The summed E-state index contributed by atoms with van der Waals surface area (Å²) in [7, 11) is 0. The van der Waals surface area contributed by atoms with E-state index in [9.17, 15) is 14.7 Å². The van der Waals surface area contributed by atoms with Crippen LogP contribution in [0.15, 0.2) is 0 Å². The molecule has 0 saturated heterocycles. The molecule has 0 heterocycles. The number of ether oxygens (including phenoxy) is 1. The smallest absolute Gasteiger partial charge is 0.310 e. The average molecular weight is 284 g/mol. The lowest BCUT2D eigenvalue weighted by molar-refractivity contribution is -0.166. The Morgan fingerprint density at radius 3 is 2.10 bits per heavy atom. The molecule has 0 radical (unpaired) electrons. The van der Waals surface area contributed by atoms with Crippen molar-refractivity contribution in [2.75, 3.05) is 0 Å². The molecule has 0 amide bonds. The summed E-state index contributed by atoms with van der Waals surface area (Å²) in [5, 5.41) is 9.24. The Morgan fingerprint density at radius 1 is 1.10 bits per heavy atom. The number of carboxylic acid groups (broad SMARTS) is 1. The van der Waals surface area contributed by atoms with Gasteiger partial charge in [0.05, 0.1) is 11.8 Å². The van der Waals surface area contributed by atoms with Gasteiger partial charge in [0.2, 0.25) is 0 Å². The van der Waals surface area contributed by atoms with E-state index in [0.717, 1.165) is 19.3 Å². The van der Waals surface area contributed by atoms with Crippen LogP contribution in [0.25, 0.3) is 0 Å². The van der Waals surface area contributed by atoms with E-state index in [1.165, 1.54) is 0 Å². The van der Waals surface area contributed by atoms with Crippen LogP contribution in [0.3, 0.4) is 0 Å². The van der Waals surface area contributed by atoms with Crippen molar-refractivity contribution in [3.05, 3.63) is 0 Å². The summed E-state index contributed by atoms with van der Waals surface area (Å²) in [5.74, 6) is -1.49. The SMILES string of the molecule is CC(C)CC(OC(=O)C1CCCCC1C(=O)O)C(C)C. The van der Waals surface area contributed by atoms with E-state index in [-0.39, 0.29) is 18.0 Å². The molecule has 0 aromatic carbocycles. The van der Waals surface area contributed by atoms with E-state index in [0.29, 0.717) is 18.8 Å². The van der Waals surface area contributed by atoms with Crippen LogP contribution < -0.4 is 0 Å². The maximum Gasteiger partial charge on any atom is 0.310 e. The normalized spacial score (nSPS) is 24.7. The lowest BCUT2D eigenvalue weighted by Crippen LogP contribution is -2.37. The first-order chi connectivity index (χ1) is 9.32. The van der Waals surface area contributed by atoms with Crippen molar-refractivity contribution >= 4 is 11.9 Å². The molecule has 0 aliphatic heterocycles. The minimum atomic E-state index is -0.864. The molecule has 0 aromatic rings. The van der Waals surface area contributed by atoms with Gasteiger partial charge in [-0.15, -0.1) is 0 Å². The van der Waals surface area contributed by atoms with Crippen LogP contribution in [0.4, 0.5) is 0 Å². The first kappa shape index (κ1) is 17.0. The van der Waals surface area contributed by atoms with Crippen molar-refractivity contribution in [3.63, 3.8) is 0 Å². The molecule has 3 atom stereocenters. The Hall–Kier alpha value is -1.06. The van der Waals surface area contributed by atoms with Gasteiger partial charge in [-0.25, -0.2) is 0 Å². The molecule has 1 rings (SSSR count). The molecular weight excluding hydrogens is 256 g/mol. The summed E-state index contributed by atoms with van der Waals surface area (Å²) < 4.78 is 5.64. The van der Waals surface area contributed by atoms with Crippen molar-refractivity contribution in [3.8, 4) is 0 Å². The number of carbonyl (C=O) groups excluding carboxylic acids is 1. The Labute approximate surface area is 121 Å². The van der Waals surface area contributed by atoms with Gasteiger partial charge in [-0.2, -0.15) is 0 Å². The molecule has 1 N–H and O–H groups in total. The molecule has 4 nitrogen and oxygen atoms in total. The Balaban J connectivity index is 2.68. The molecule has 0 aromatic heterocycles. The summed E-state index contributed by atoms with van der Waals surface area (Å²) in [5.41, 5.74) is 0. The fourth-order valence-corrected chi connectivity index (χ4v) is 2.87. The predicted molar refractivity (Wildman–Crippen MR) is 77.3 cm³/mol. The van der Waals surface area contributed by atoms with Gasteiger partial charge in [0.25, 0.3) is 0 Å². The summed E-state index contributed by atoms with van der Waals surface area (Å²) in [6.45, 7) is 8.28. The van der Waals surface area contributed by atoms with Crippen LogP contribution in [0.5, 0.6) is 0 Å². The monoisotopic (exact) mass is 284 g/mol. The number of hydrogen-bond acceptors (Lipinski definition) is 3. The zero-order valence-electron chi connectivity index (χ0n) is 13.1. The van der Waals surface area contributed by atoms with Crippen LogP contribution >= 0.6 is 0 Å². The van der Waals surface area contributed by atoms with E-state index in [4.69, 9.17) is 4.74 Å².